The standard InChI is InChI=1S/C13H21N3O4/c1-8(4-5-11(17)18)6-15-13(19)16-10(3)12-14-7-9(2)20-12/h7-8,10H,4-6H2,1-3H3,(H,17,18)(H2,15,16,19). The number of carboxylic acid groups (broad SMARTS) is 1. The maximum absolute atomic E-state index is 11.7. The van der Waals surface area contributed by atoms with Gasteiger partial charge in [-0.25, -0.2) is 9.78 Å². The number of urea groups is 1. The van der Waals surface area contributed by atoms with E-state index in [0.717, 1.165) is 0 Å². The summed E-state index contributed by atoms with van der Waals surface area (Å²) in [5, 5.41) is 14.0. The highest BCUT2D eigenvalue weighted by Crippen LogP contribution is 2.11. The summed E-state index contributed by atoms with van der Waals surface area (Å²) in [5.74, 6) is 0.429. The quantitative estimate of drug-likeness (QED) is 0.708. The highest BCUT2D eigenvalue weighted by atomic mass is 16.4. The lowest BCUT2D eigenvalue weighted by Gasteiger charge is -2.14. The number of nitrogens with zero attached hydrogens (tertiary/aromatic N) is 1. The van der Waals surface area contributed by atoms with Gasteiger partial charge in [0, 0.05) is 13.0 Å². The molecule has 0 aliphatic carbocycles. The molecule has 3 N–H and O–H groups in total. The molecular formula is C13H21N3O4. The molecule has 0 spiro atoms. The fraction of sp³-hybridized carbons (Fsp3) is 0.615. The van der Waals surface area contributed by atoms with Crippen LogP contribution in [-0.4, -0.2) is 28.6 Å². The van der Waals surface area contributed by atoms with Gasteiger partial charge in [-0.05, 0) is 26.2 Å². The van der Waals surface area contributed by atoms with Crippen molar-refractivity contribution >= 4 is 12.0 Å². The molecule has 0 aliphatic heterocycles. The fourth-order valence-corrected chi connectivity index (χ4v) is 1.62. The highest BCUT2D eigenvalue weighted by molar-refractivity contribution is 5.74. The Morgan fingerprint density at radius 1 is 1.45 bits per heavy atom. The van der Waals surface area contributed by atoms with Gasteiger partial charge >= 0.3 is 12.0 Å². The summed E-state index contributed by atoms with van der Waals surface area (Å²) in [6.07, 6.45) is 2.24. The Kier molecular flexibility index (Phi) is 6.02. The number of oxazole rings is 1. The van der Waals surface area contributed by atoms with Gasteiger partial charge < -0.3 is 20.2 Å². The third-order valence-corrected chi connectivity index (χ3v) is 2.82. The zero-order valence-corrected chi connectivity index (χ0v) is 12.0. The number of carboxylic acids is 1. The molecule has 1 rings (SSSR count). The van der Waals surface area contributed by atoms with E-state index < -0.39 is 5.97 Å². The largest absolute Gasteiger partial charge is 0.481 e. The van der Waals surface area contributed by atoms with E-state index in [1.807, 2.05) is 6.92 Å². The number of rotatable bonds is 7. The van der Waals surface area contributed by atoms with Gasteiger partial charge in [-0.3, -0.25) is 4.79 Å². The Bertz CT molecular complexity index is 458. The van der Waals surface area contributed by atoms with Crippen molar-refractivity contribution in [3.63, 3.8) is 0 Å². The normalized spacial score (nSPS) is 13.6. The van der Waals surface area contributed by atoms with Crippen molar-refractivity contribution in [2.24, 2.45) is 5.92 Å². The van der Waals surface area contributed by atoms with Gasteiger partial charge in [0.05, 0.1) is 6.20 Å². The van der Waals surface area contributed by atoms with E-state index in [0.29, 0.717) is 24.6 Å². The van der Waals surface area contributed by atoms with Crippen molar-refractivity contribution in [1.82, 2.24) is 15.6 Å². The minimum Gasteiger partial charge on any atom is -0.481 e. The molecule has 0 aliphatic rings. The molecule has 2 atom stereocenters. The Labute approximate surface area is 117 Å². The van der Waals surface area contributed by atoms with Gasteiger partial charge in [-0.1, -0.05) is 6.92 Å². The van der Waals surface area contributed by atoms with E-state index in [2.05, 4.69) is 15.6 Å². The summed E-state index contributed by atoms with van der Waals surface area (Å²) in [5.41, 5.74) is 0. The number of hydrogen-bond donors (Lipinski definition) is 3. The minimum absolute atomic E-state index is 0.108. The van der Waals surface area contributed by atoms with Crippen LogP contribution in [0.25, 0.3) is 0 Å². The van der Waals surface area contributed by atoms with Gasteiger partial charge in [-0.15, -0.1) is 0 Å². The first kappa shape index (κ1) is 16.0. The average molecular weight is 283 g/mol. The van der Waals surface area contributed by atoms with Gasteiger partial charge in [0.2, 0.25) is 5.89 Å². The van der Waals surface area contributed by atoms with Gasteiger partial charge in [-0.2, -0.15) is 0 Å². The number of amides is 2. The molecule has 7 heteroatoms. The molecule has 1 aromatic heterocycles. The van der Waals surface area contributed by atoms with E-state index in [-0.39, 0.29) is 24.4 Å². The Hall–Kier alpha value is -2.05. The van der Waals surface area contributed by atoms with Crippen LogP contribution < -0.4 is 10.6 Å². The maximum Gasteiger partial charge on any atom is 0.315 e. The van der Waals surface area contributed by atoms with Gasteiger partial charge in [0.15, 0.2) is 0 Å². The second kappa shape index (κ2) is 7.52. The lowest BCUT2D eigenvalue weighted by Crippen LogP contribution is -2.39. The van der Waals surface area contributed by atoms with Crippen molar-refractivity contribution in [1.29, 1.82) is 0 Å². The van der Waals surface area contributed by atoms with E-state index in [4.69, 9.17) is 9.52 Å². The third kappa shape index (κ3) is 5.73. The van der Waals surface area contributed by atoms with E-state index >= 15 is 0 Å². The zero-order valence-electron chi connectivity index (χ0n) is 12.0. The summed E-state index contributed by atoms with van der Waals surface area (Å²) in [6, 6.07) is -0.645. The van der Waals surface area contributed by atoms with Crippen LogP contribution >= 0.6 is 0 Å². The summed E-state index contributed by atoms with van der Waals surface area (Å²) in [7, 11) is 0. The SMILES string of the molecule is Cc1cnc(C(C)NC(=O)NCC(C)CCC(=O)O)o1. The van der Waals surface area contributed by atoms with Gasteiger partial charge in [0.25, 0.3) is 0 Å². The molecule has 0 radical (unpaired) electrons. The number of aliphatic carboxylic acids is 1. The molecule has 1 heterocycles. The van der Waals surface area contributed by atoms with E-state index in [9.17, 15) is 9.59 Å². The maximum atomic E-state index is 11.7. The van der Waals surface area contributed by atoms with Crippen LogP contribution in [0.1, 0.15) is 44.4 Å². The molecule has 20 heavy (non-hydrogen) atoms. The van der Waals surface area contributed by atoms with Crippen molar-refractivity contribution in [2.75, 3.05) is 6.54 Å². The number of hydrogen-bond acceptors (Lipinski definition) is 4. The first-order valence-electron chi connectivity index (χ1n) is 6.57. The molecule has 112 valence electrons. The van der Waals surface area contributed by atoms with E-state index in [1.165, 1.54) is 0 Å². The van der Waals surface area contributed by atoms with Crippen LogP contribution in [0.4, 0.5) is 4.79 Å². The summed E-state index contributed by atoms with van der Waals surface area (Å²) < 4.78 is 5.32. The number of carbonyl (C=O) groups excluding carboxylic acids is 1. The lowest BCUT2D eigenvalue weighted by molar-refractivity contribution is -0.137. The first-order chi connectivity index (χ1) is 9.38. The van der Waals surface area contributed by atoms with Crippen LogP contribution in [0.15, 0.2) is 10.6 Å². The highest BCUT2D eigenvalue weighted by Gasteiger charge is 2.14. The topological polar surface area (TPSA) is 104 Å². The zero-order chi connectivity index (χ0) is 15.1. The monoisotopic (exact) mass is 283 g/mol. The van der Waals surface area contributed by atoms with Crippen LogP contribution in [0, 0.1) is 12.8 Å². The second-order valence-corrected chi connectivity index (χ2v) is 4.92. The molecule has 7 nitrogen and oxygen atoms in total. The summed E-state index contributed by atoms with van der Waals surface area (Å²) >= 11 is 0. The van der Waals surface area contributed by atoms with Crippen molar-refractivity contribution in [2.45, 2.75) is 39.7 Å². The summed E-state index contributed by atoms with van der Waals surface area (Å²) in [6.45, 7) is 5.88. The molecule has 0 saturated carbocycles. The van der Waals surface area contributed by atoms with Crippen LogP contribution in [0.3, 0.4) is 0 Å². The Morgan fingerprint density at radius 3 is 2.70 bits per heavy atom. The fourth-order valence-electron chi connectivity index (χ4n) is 1.62. The van der Waals surface area contributed by atoms with Crippen molar-refractivity contribution in [3.8, 4) is 0 Å². The Morgan fingerprint density at radius 2 is 2.15 bits per heavy atom. The predicted octanol–water partition coefficient (Wildman–Crippen LogP) is 1.84. The van der Waals surface area contributed by atoms with Gasteiger partial charge in [0.1, 0.15) is 11.8 Å². The van der Waals surface area contributed by atoms with Crippen LogP contribution in [-0.2, 0) is 4.79 Å². The number of nitrogens with one attached hydrogen (secondary N) is 2. The van der Waals surface area contributed by atoms with Crippen molar-refractivity contribution < 1.29 is 19.1 Å². The molecule has 0 saturated heterocycles. The molecule has 2 unspecified atom stereocenters. The third-order valence-electron chi connectivity index (χ3n) is 2.82. The molecule has 0 aromatic carbocycles. The van der Waals surface area contributed by atoms with E-state index in [1.54, 1.807) is 20.0 Å². The lowest BCUT2D eigenvalue weighted by atomic mass is 10.1. The van der Waals surface area contributed by atoms with Crippen molar-refractivity contribution in [3.05, 3.63) is 17.8 Å². The molecule has 2 amide bonds. The number of aromatic nitrogens is 1. The minimum atomic E-state index is -0.825. The Balaban J connectivity index is 2.27. The number of aryl methyl sites for hydroxylation is 1. The smallest absolute Gasteiger partial charge is 0.315 e. The predicted molar refractivity (Wildman–Crippen MR) is 72.2 cm³/mol. The van der Waals surface area contributed by atoms with Crippen LogP contribution in [0.5, 0.6) is 0 Å². The first-order valence-corrected chi connectivity index (χ1v) is 6.57. The molecular weight excluding hydrogens is 262 g/mol. The number of carbonyl (C=O) groups is 2. The average Bonchev–Trinajstić information content (AvgIpc) is 2.80. The van der Waals surface area contributed by atoms with Crippen LogP contribution in [0.2, 0.25) is 0 Å². The molecule has 0 bridgehead atoms. The second-order valence-electron chi connectivity index (χ2n) is 4.92. The molecule has 1 aromatic rings. The summed E-state index contributed by atoms with van der Waals surface area (Å²) in [4.78, 5) is 26.1. The molecule has 0 fully saturated rings.